The maximum Gasteiger partial charge on any atom is 0.234 e. The van der Waals surface area contributed by atoms with Gasteiger partial charge in [0.25, 0.3) is 0 Å². The van der Waals surface area contributed by atoms with E-state index in [0.717, 1.165) is 28.1 Å². The Bertz CT molecular complexity index is 1270. The van der Waals surface area contributed by atoms with Gasteiger partial charge in [0, 0.05) is 24.3 Å². The van der Waals surface area contributed by atoms with E-state index in [9.17, 15) is 14.4 Å². The molecule has 2 N–H and O–H groups in total. The molecule has 0 radical (unpaired) electrons. The molecule has 2 aromatic carbocycles. The normalized spacial score (nSPS) is 15.2. The van der Waals surface area contributed by atoms with Crippen LogP contribution in [0.4, 0.5) is 16.5 Å². The van der Waals surface area contributed by atoms with Crippen LogP contribution in [0.5, 0.6) is 5.75 Å². The van der Waals surface area contributed by atoms with Crippen LogP contribution in [-0.4, -0.2) is 47.3 Å². The van der Waals surface area contributed by atoms with Crippen LogP contribution in [0.15, 0.2) is 40.7 Å². The van der Waals surface area contributed by atoms with Crippen molar-refractivity contribution in [2.45, 2.75) is 31.5 Å². The van der Waals surface area contributed by atoms with E-state index >= 15 is 0 Å². The average molecular weight is 526 g/mol. The van der Waals surface area contributed by atoms with Gasteiger partial charge in [0.15, 0.2) is 4.34 Å². The second kappa shape index (κ2) is 11.1. The molecule has 0 spiro atoms. The molecule has 0 saturated carbocycles. The molecule has 1 saturated heterocycles. The summed E-state index contributed by atoms with van der Waals surface area (Å²) in [7, 11) is 1.58. The summed E-state index contributed by atoms with van der Waals surface area (Å²) >= 11 is 2.45. The zero-order valence-corrected chi connectivity index (χ0v) is 22.1. The van der Waals surface area contributed by atoms with E-state index in [-0.39, 0.29) is 36.4 Å². The zero-order chi connectivity index (χ0) is 25.8. The minimum absolute atomic E-state index is 0.112. The number of anilines is 3. The summed E-state index contributed by atoms with van der Waals surface area (Å²) in [4.78, 5) is 39.3. The number of aromatic nitrogens is 2. The molecule has 36 heavy (non-hydrogen) atoms. The summed E-state index contributed by atoms with van der Waals surface area (Å²) in [6, 6.07) is 11.2. The fourth-order valence-electron chi connectivity index (χ4n) is 4.10. The summed E-state index contributed by atoms with van der Waals surface area (Å²) in [6.07, 6.45) is 0.121. The summed E-state index contributed by atoms with van der Waals surface area (Å²) < 4.78 is 5.72. The molecule has 188 valence electrons. The molecule has 0 aliphatic carbocycles. The van der Waals surface area contributed by atoms with Crippen molar-refractivity contribution in [3.05, 3.63) is 53.1 Å². The Kier molecular flexibility index (Phi) is 7.90. The van der Waals surface area contributed by atoms with Crippen LogP contribution >= 0.6 is 23.1 Å². The highest BCUT2D eigenvalue weighted by Crippen LogP contribution is 2.30. The number of amides is 3. The topological polar surface area (TPSA) is 114 Å². The number of nitrogens with zero attached hydrogens (tertiary/aromatic N) is 3. The summed E-state index contributed by atoms with van der Waals surface area (Å²) in [5.41, 5.74) is 4.73. The van der Waals surface area contributed by atoms with Crippen molar-refractivity contribution >= 4 is 57.3 Å². The molecule has 1 aliphatic rings. The van der Waals surface area contributed by atoms with Crippen molar-refractivity contribution in [2.24, 2.45) is 5.92 Å². The van der Waals surface area contributed by atoms with E-state index in [2.05, 4.69) is 20.8 Å². The fraction of sp³-hybridized carbons (Fsp3) is 0.320. The van der Waals surface area contributed by atoms with Gasteiger partial charge in [0.1, 0.15) is 5.75 Å². The van der Waals surface area contributed by atoms with E-state index in [1.807, 2.05) is 32.9 Å². The summed E-state index contributed by atoms with van der Waals surface area (Å²) in [6.45, 7) is 6.25. The molecule has 4 rings (SSSR count). The first-order chi connectivity index (χ1) is 17.2. The molecule has 1 unspecified atom stereocenters. The number of ether oxygens (including phenoxy) is 1. The highest BCUT2D eigenvalue weighted by atomic mass is 32.2. The third-order valence-corrected chi connectivity index (χ3v) is 7.76. The lowest BCUT2D eigenvalue weighted by atomic mass is 10.1. The average Bonchev–Trinajstić information content (AvgIpc) is 3.46. The number of hydrogen-bond acceptors (Lipinski definition) is 8. The molecule has 0 bridgehead atoms. The van der Waals surface area contributed by atoms with Gasteiger partial charge in [0.2, 0.25) is 22.9 Å². The predicted molar refractivity (Wildman–Crippen MR) is 142 cm³/mol. The van der Waals surface area contributed by atoms with E-state index in [1.165, 1.54) is 23.1 Å². The molecular formula is C25H27N5O4S2. The van der Waals surface area contributed by atoms with Gasteiger partial charge in [-0.2, -0.15) is 0 Å². The lowest BCUT2D eigenvalue weighted by Gasteiger charge is -2.16. The number of methoxy groups -OCH3 is 1. The SMILES string of the molecule is COc1ccc(N2CC(C(=O)Nc3nnc(SCC(=O)Nc4c(C)cc(C)cc4C)s3)CC2=O)cc1. The molecular weight excluding hydrogens is 498 g/mol. The van der Waals surface area contributed by atoms with Crippen LogP contribution in [0.3, 0.4) is 0 Å². The largest absolute Gasteiger partial charge is 0.497 e. The zero-order valence-electron chi connectivity index (χ0n) is 20.5. The molecule has 2 heterocycles. The quantitative estimate of drug-likeness (QED) is 0.335. The number of carbonyl (C=O) groups is 3. The predicted octanol–water partition coefficient (Wildman–Crippen LogP) is 4.19. The molecule has 1 aliphatic heterocycles. The minimum atomic E-state index is -0.494. The van der Waals surface area contributed by atoms with Gasteiger partial charge < -0.3 is 20.3 Å². The molecule has 9 nitrogen and oxygen atoms in total. The lowest BCUT2D eigenvalue weighted by Crippen LogP contribution is -2.28. The molecule has 1 atom stereocenters. The number of hydrogen-bond donors (Lipinski definition) is 2. The van der Waals surface area contributed by atoms with Crippen LogP contribution in [0.2, 0.25) is 0 Å². The van der Waals surface area contributed by atoms with Gasteiger partial charge in [-0.1, -0.05) is 40.8 Å². The van der Waals surface area contributed by atoms with E-state index in [0.29, 0.717) is 15.2 Å². The van der Waals surface area contributed by atoms with Gasteiger partial charge >= 0.3 is 0 Å². The number of thioether (sulfide) groups is 1. The molecule has 1 aromatic heterocycles. The van der Waals surface area contributed by atoms with Crippen molar-refractivity contribution in [3.8, 4) is 5.75 Å². The Labute approximate surface area is 217 Å². The van der Waals surface area contributed by atoms with Crippen molar-refractivity contribution in [1.29, 1.82) is 0 Å². The smallest absolute Gasteiger partial charge is 0.234 e. The van der Waals surface area contributed by atoms with Crippen molar-refractivity contribution in [2.75, 3.05) is 34.9 Å². The van der Waals surface area contributed by atoms with Gasteiger partial charge in [0.05, 0.1) is 18.8 Å². The second-order valence-corrected chi connectivity index (χ2v) is 10.8. The van der Waals surface area contributed by atoms with E-state index in [1.54, 1.807) is 36.3 Å². The summed E-state index contributed by atoms with van der Waals surface area (Å²) in [5, 5.41) is 14.1. The Hall–Kier alpha value is -3.44. The standard InChI is InChI=1S/C25H27N5O4S2/c1-14-9-15(2)22(16(3)10-14)26-20(31)13-35-25-29-28-24(36-25)27-23(33)17-11-21(32)30(12-17)18-5-7-19(34-4)8-6-18/h5-10,17H,11-13H2,1-4H3,(H,26,31)(H,27,28,33). The van der Waals surface area contributed by atoms with Crippen LogP contribution < -0.4 is 20.3 Å². The first-order valence-electron chi connectivity index (χ1n) is 11.3. The van der Waals surface area contributed by atoms with Crippen LogP contribution in [0.25, 0.3) is 0 Å². The Morgan fingerprint density at radius 3 is 2.47 bits per heavy atom. The van der Waals surface area contributed by atoms with Gasteiger partial charge in [-0.3, -0.25) is 14.4 Å². The van der Waals surface area contributed by atoms with Crippen molar-refractivity contribution in [1.82, 2.24) is 10.2 Å². The third-order valence-electron chi connectivity index (χ3n) is 5.78. The number of benzene rings is 2. The molecule has 3 aromatic rings. The highest BCUT2D eigenvalue weighted by molar-refractivity contribution is 8.01. The van der Waals surface area contributed by atoms with Crippen LogP contribution in [0.1, 0.15) is 23.1 Å². The Morgan fingerprint density at radius 2 is 1.81 bits per heavy atom. The number of nitrogens with one attached hydrogen (secondary N) is 2. The van der Waals surface area contributed by atoms with Gasteiger partial charge in [-0.15, -0.1) is 10.2 Å². The maximum atomic E-state index is 12.8. The lowest BCUT2D eigenvalue weighted by molar-refractivity contribution is -0.122. The maximum absolute atomic E-state index is 12.8. The Balaban J connectivity index is 1.29. The third kappa shape index (κ3) is 6.03. The van der Waals surface area contributed by atoms with Crippen LogP contribution in [-0.2, 0) is 14.4 Å². The van der Waals surface area contributed by atoms with Crippen LogP contribution in [0, 0.1) is 26.7 Å². The first-order valence-corrected chi connectivity index (χ1v) is 13.1. The highest BCUT2D eigenvalue weighted by Gasteiger charge is 2.35. The van der Waals surface area contributed by atoms with E-state index < -0.39 is 5.92 Å². The molecule has 3 amide bonds. The number of carbonyl (C=O) groups excluding carboxylic acids is 3. The van der Waals surface area contributed by atoms with E-state index in [4.69, 9.17) is 4.74 Å². The first kappa shape index (κ1) is 25.6. The molecule has 11 heteroatoms. The van der Waals surface area contributed by atoms with Gasteiger partial charge in [-0.25, -0.2) is 0 Å². The van der Waals surface area contributed by atoms with Gasteiger partial charge in [-0.05, 0) is 56.2 Å². The molecule has 1 fully saturated rings. The van der Waals surface area contributed by atoms with Crippen molar-refractivity contribution < 1.29 is 19.1 Å². The Morgan fingerprint density at radius 1 is 1.11 bits per heavy atom. The second-order valence-electron chi connectivity index (χ2n) is 8.58. The van der Waals surface area contributed by atoms with Crippen molar-refractivity contribution in [3.63, 3.8) is 0 Å². The monoisotopic (exact) mass is 525 g/mol. The number of aryl methyl sites for hydroxylation is 3. The number of rotatable bonds is 8. The fourth-order valence-corrected chi connectivity index (χ4v) is 5.66. The summed E-state index contributed by atoms with van der Waals surface area (Å²) in [5.74, 6) is -0.162. The minimum Gasteiger partial charge on any atom is -0.497 e.